The third-order valence-corrected chi connectivity index (χ3v) is 9.79. The van der Waals surface area contributed by atoms with Gasteiger partial charge in [0.2, 0.25) is 5.91 Å². The summed E-state index contributed by atoms with van der Waals surface area (Å²) < 4.78 is 42.8. The molecule has 11 heteroatoms. The lowest BCUT2D eigenvalue weighted by Crippen LogP contribution is -2.47. The van der Waals surface area contributed by atoms with Crippen LogP contribution in [-0.4, -0.2) is 41.2 Å². The van der Waals surface area contributed by atoms with Crippen molar-refractivity contribution in [3.8, 4) is 0 Å². The fourth-order valence-electron chi connectivity index (χ4n) is 3.91. The summed E-state index contributed by atoms with van der Waals surface area (Å²) in [6, 6.07) is 10.6. The number of benzene rings is 1. The fourth-order valence-corrected chi connectivity index (χ4v) is 7.67. The van der Waals surface area contributed by atoms with Gasteiger partial charge in [-0.15, -0.1) is 11.3 Å². The standard InChI is InChI=1S/C22H19FN4O3S3/c23-16-6-1-8-18-20(16)25-22(32-18)26(14-15-5-2-10-24-13-15)21(28)17-7-3-11-27(17)33(29,30)19-9-4-12-31-19/h1-2,4-6,8-10,12-13,17H,3,7,11,14H2. The van der Waals surface area contributed by atoms with E-state index in [2.05, 4.69) is 9.97 Å². The number of carbonyl (C=O) groups is 1. The predicted molar refractivity (Wildman–Crippen MR) is 126 cm³/mol. The highest BCUT2D eigenvalue weighted by Gasteiger charge is 2.42. The molecule has 0 spiro atoms. The van der Waals surface area contributed by atoms with Gasteiger partial charge in [0.25, 0.3) is 10.0 Å². The number of rotatable bonds is 6. The number of sulfonamides is 1. The number of thiazole rings is 1. The summed E-state index contributed by atoms with van der Waals surface area (Å²) in [6.45, 7) is 0.420. The molecule has 4 heterocycles. The highest BCUT2D eigenvalue weighted by molar-refractivity contribution is 7.91. The van der Waals surface area contributed by atoms with E-state index in [1.807, 2.05) is 6.07 Å². The van der Waals surface area contributed by atoms with Gasteiger partial charge in [0.15, 0.2) is 5.13 Å². The molecule has 5 rings (SSSR count). The molecular weight excluding hydrogens is 483 g/mol. The molecule has 33 heavy (non-hydrogen) atoms. The Labute approximate surface area is 198 Å². The summed E-state index contributed by atoms with van der Waals surface area (Å²) in [7, 11) is -3.79. The third-order valence-electron chi connectivity index (χ3n) is 5.47. The molecule has 1 unspecified atom stereocenters. The molecule has 0 aliphatic carbocycles. The first-order valence-electron chi connectivity index (χ1n) is 10.3. The van der Waals surface area contributed by atoms with Crippen molar-refractivity contribution in [3.63, 3.8) is 0 Å². The normalized spacial score (nSPS) is 16.9. The van der Waals surface area contributed by atoms with E-state index in [0.717, 1.165) is 16.9 Å². The van der Waals surface area contributed by atoms with Crippen molar-refractivity contribution in [2.24, 2.45) is 0 Å². The summed E-state index contributed by atoms with van der Waals surface area (Å²) in [6.07, 6.45) is 4.26. The minimum absolute atomic E-state index is 0.150. The zero-order chi connectivity index (χ0) is 23.0. The maximum atomic E-state index is 14.3. The average Bonchev–Trinajstić information content (AvgIpc) is 3.58. The van der Waals surface area contributed by atoms with Crippen LogP contribution in [0.4, 0.5) is 9.52 Å². The lowest BCUT2D eigenvalue weighted by molar-refractivity contribution is -0.121. The SMILES string of the molecule is O=C(C1CCCN1S(=O)(=O)c1cccs1)N(Cc1cccnc1)c1nc2c(F)cccc2s1. The van der Waals surface area contributed by atoms with Crippen LogP contribution < -0.4 is 4.90 Å². The summed E-state index contributed by atoms with van der Waals surface area (Å²) in [5.41, 5.74) is 0.951. The Hall–Kier alpha value is -2.73. The van der Waals surface area contributed by atoms with Crippen molar-refractivity contribution in [3.05, 3.63) is 71.6 Å². The number of hydrogen-bond donors (Lipinski definition) is 0. The van der Waals surface area contributed by atoms with Gasteiger partial charge in [0, 0.05) is 18.9 Å². The molecule has 7 nitrogen and oxygen atoms in total. The van der Waals surface area contributed by atoms with Crippen LogP contribution in [0.2, 0.25) is 0 Å². The Balaban J connectivity index is 1.54. The monoisotopic (exact) mass is 502 g/mol. The minimum Gasteiger partial charge on any atom is -0.282 e. The van der Waals surface area contributed by atoms with Gasteiger partial charge in [-0.05, 0) is 48.1 Å². The zero-order valence-corrected chi connectivity index (χ0v) is 19.7. The van der Waals surface area contributed by atoms with Crippen LogP contribution in [-0.2, 0) is 21.4 Å². The van der Waals surface area contributed by atoms with Gasteiger partial charge in [-0.3, -0.25) is 14.7 Å². The van der Waals surface area contributed by atoms with Gasteiger partial charge in [0.1, 0.15) is 21.6 Å². The van der Waals surface area contributed by atoms with Crippen molar-refractivity contribution >= 4 is 54.0 Å². The molecule has 0 radical (unpaired) electrons. The van der Waals surface area contributed by atoms with E-state index in [-0.39, 0.29) is 28.7 Å². The van der Waals surface area contributed by atoms with E-state index in [9.17, 15) is 17.6 Å². The van der Waals surface area contributed by atoms with Crippen LogP contribution in [0.3, 0.4) is 0 Å². The van der Waals surface area contributed by atoms with Crippen LogP contribution in [0.25, 0.3) is 10.2 Å². The van der Waals surface area contributed by atoms with Crippen molar-refractivity contribution in [1.82, 2.24) is 14.3 Å². The molecule has 0 saturated carbocycles. The quantitative estimate of drug-likeness (QED) is 0.393. The number of pyridine rings is 1. The van der Waals surface area contributed by atoms with Crippen molar-refractivity contribution in [2.45, 2.75) is 29.6 Å². The van der Waals surface area contributed by atoms with Gasteiger partial charge in [-0.1, -0.05) is 29.5 Å². The maximum absolute atomic E-state index is 14.3. The lowest BCUT2D eigenvalue weighted by atomic mass is 10.2. The maximum Gasteiger partial charge on any atom is 0.253 e. The Morgan fingerprint density at radius 2 is 2.09 bits per heavy atom. The van der Waals surface area contributed by atoms with Crippen LogP contribution in [0.15, 0.2) is 64.4 Å². The Morgan fingerprint density at radius 1 is 1.21 bits per heavy atom. The number of aromatic nitrogens is 2. The number of thiophene rings is 1. The first-order valence-corrected chi connectivity index (χ1v) is 13.4. The minimum atomic E-state index is -3.79. The van der Waals surface area contributed by atoms with Gasteiger partial charge in [0.05, 0.1) is 11.2 Å². The largest absolute Gasteiger partial charge is 0.282 e. The molecule has 1 aliphatic rings. The van der Waals surface area contributed by atoms with Crippen LogP contribution in [0, 0.1) is 5.82 Å². The van der Waals surface area contributed by atoms with E-state index in [1.54, 1.807) is 48.1 Å². The van der Waals surface area contributed by atoms with E-state index in [4.69, 9.17) is 0 Å². The topological polar surface area (TPSA) is 83.5 Å². The number of nitrogens with zero attached hydrogens (tertiary/aromatic N) is 4. The second-order valence-electron chi connectivity index (χ2n) is 7.57. The Bertz CT molecular complexity index is 1390. The number of hydrogen-bond acceptors (Lipinski definition) is 7. The average molecular weight is 503 g/mol. The van der Waals surface area contributed by atoms with Crippen LogP contribution >= 0.6 is 22.7 Å². The number of amides is 1. The lowest BCUT2D eigenvalue weighted by Gasteiger charge is -2.28. The molecule has 1 amide bonds. The Morgan fingerprint density at radius 3 is 2.82 bits per heavy atom. The molecular formula is C22H19FN4O3S3. The molecule has 1 atom stereocenters. The summed E-state index contributed by atoms with van der Waals surface area (Å²) in [5, 5.41) is 2.02. The first-order chi connectivity index (χ1) is 15.9. The van der Waals surface area contributed by atoms with Gasteiger partial charge in [-0.25, -0.2) is 17.8 Å². The van der Waals surface area contributed by atoms with E-state index < -0.39 is 21.9 Å². The van der Waals surface area contributed by atoms with Gasteiger partial charge in [-0.2, -0.15) is 4.31 Å². The number of anilines is 1. The molecule has 1 saturated heterocycles. The van der Waals surface area contributed by atoms with Crippen molar-refractivity contribution in [2.75, 3.05) is 11.4 Å². The predicted octanol–water partition coefficient (Wildman–Crippen LogP) is 4.28. The molecule has 170 valence electrons. The number of fused-ring (bicyclic) bond motifs is 1. The molecule has 0 bridgehead atoms. The Kier molecular flexibility index (Phi) is 5.95. The van der Waals surface area contributed by atoms with Crippen molar-refractivity contribution in [1.29, 1.82) is 0 Å². The first kappa shape index (κ1) is 22.1. The molecule has 1 aromatic carbocycles. The van der Waals surface area contributed by atoms with E-state index in [0.29, 0.717) is 22.7 Å². The van der Waals surface area contributed by atoms with Crippen LogP contribution in [0.5, 0.6) is 0 Å². The number of halogens is 1. The second kappa shape index (κ2) is 8.90. The molecule has 0 N–H and O–H groups in total. The molecule has 1 aliphatic heterocycles. The van der Waals surface area contributed by atoms with Crippen LogP contribution in [0.1, 0.15) is 18.4 Å². The third kappa shape index (κ3) is 4.17. The van der Waals surface area contributed by atoms with Gasteiger partial charge >= 0.3 is 0 Å². The summed E-state index contributed by atoms with van der Waals surface area (Å²) in [4.78, 5) is 23.8. The smallest absolute Gasteiger partial charge is 0.253 e. The van der Waals surface area contributed by atoms with Gasteiger partial charge < -0.3 is 0 Å². The number of carbonyl (C=O) groups excluding carboxylic acids is 1. The summed E-state index contributed by atoms with van der Waals surface area (Å²) >= 11 is 2.33. The molecule has 4 aromatic rings. The number of para-hydroxylation sites is 1. The zero-order valence-electron chi connectivity index (χ0n) is 17.3. The highest BCUT2D eigenvalue weighted by Crippen LogP contribution is 2.34. The molecule has 1 fully saturated rings. The van der Waals surface area contributed by atoms with Crippen molar-refractivity contribution < 1.29 is 17.6 Å². The van der Waals surface area contributed by atoms with E-state index >= 15 is 0 Å². The summed E-state index contributed by atoms with van der Waals surface area (Å²) in [5.74, 6) is -0.845. The second-order valence-corrected chi connectivity index (χ2v) is 11.6. The van der Waals surface area contributed by atoms with E-state index in [1.165, 1.54) is 26.6 Å². The highest BCUT2D eigenvalue weighted by atomic mass is 32.2. The fraction of sp³-hybridized carbons (Fsp3) is 0.227. The molecule has 3 aromatic heterocycles.